The number of hydrogen-bond donors (Lipinski definition) is 1. The first kappa shape index (κ1) is 14.8. The summed E-state index contributed by atoms with van der Waals surface area (Å²) in [6, 6.07) is 2.52. The second-order valence-electron chi connectivity index (χ2n) is 4.65. The topological polar surface area (TPSA) is 66.6 Å². The van der Waals surface area contributed by atoms with Gasteiger partial charge in [-0.05, 0) is 28.1 Å². The van der Waals surface area contributed by atoms with Crippen molar-refractivity contribution in [3.05, 3.63) is 28.0 Å². The summed E-state index contributed by atoms with van der Waals surface area (Å²) in [5, 5.41) is 0. The molecule has 2 N–H and O–H groups in total. The van der Waals surface area contributed by atoms with E-state index in [0.29, 0.717) is 36.2 Å². The molecule has 0 spiro atoms. The van der Waals surface area contributed by atoms with E-state index < -0.39 is 5.82 Å². The fraction of sp³-hybridized carbons (Fsp3) is 0.385. The zero-order valence-corrected chi connectivity index (χ0v) is 12.6. The second-order valence-corrected chi connectivity index (χ2v) is 5.51. The van der Waals surface area contributed by atoms with Crippen molar-refractivity contribution >= 4 is 33.4 Å². The Morgan fingerprint density at radius 3 is 2.30 bits per heavy atom. The third-order valence-corrected chi connectivity index (χ3v) is 3.99. The van der Waals surface area contributed by atoms with Crippen molar-refractivity contribution in [3.8, 4) is 0 Å². The maximum Gasteiger partial charge on any atom is 0.255 e. The van der Waals surface area contributed by atoms with E-state index >= 15 is 0 Å². The van der Waals surface area contributed by atoms with Gasteiger partial charge < -0.3 is 15.5 Å². The third kappa shape index (κ3) is 2.92. The fourth-order valence-electron chi connectivity index (χ4n) is 2.12. The lowest BCUT2D eigenvalue weighted by Gasteiger charge is -2.34. The molecule has 1 aromatic rings. The molecule has 0 unspecified atom stereocenters. The highest BCUT2D eigenvalue weighted by Crippen LogP contribution is 2.24. The quantitative estimate of drug-likeness (QED) is 0.785. The Balaban J connectivity index is 2.13. The Morgan fingerprint density at radius 2 is 1.75 bits per heavy atom. The Labute approximate surface area is 124 Å². The molecular formula is C13H15BrFN3O2. The molecule has 108 valence electrons. The largest absolute Gasteiger partial charge is 0.396 e. The van der Waals surface area contributed by atoms with Crippen molar-refractivity contribution in [1.82, 2.24) is 9.80 Å². The first-order valence-electron chi connectivity index (χ1n) is 6.19. The minimum Gasteiger partial charge on any atom is -0.396 e. The van der Waals surface area contributed by atoms with Crippen LogP contribution in [0.25, 0.3) is 0 Å². The summed E-state index contributed by atoms with van der Waals surface area (Å²) in [4.78, 5) is 26.9. The van der Waals surface area contributed by atoms with Gasteiger partial charge >= 0.3 is 0 Å². The number of carbonyl (C=O) groups is 2. The lowest BCUT2D eigenvalue weighted by Crippen LogP contribution is -2.50. The number of rotatable bonds is 1. The monoisotopic (exact) mass is 343 g/mol. The van der Waals surface area contributed by atoms with Crippen LogP contribution in [0.15, 0.2) is 16.6 Å². The fourth-order valence-corrected chi connectivity index (χ4v) is 2.61. The second kappa shape index (κ2) is 5.78. The van der Waals surface area contributed by atoms with E-state index in [2.05, 4.69) is 15.9 Å². The van der Waals surface area contributed by atoms with Crippen LogP contribution in [-0.2, 0) is 4.79 Å². The van der Waals surface area contributed by atoms with Gasteiger partial charge in [0.25, 0.3) is 5.91 Å². The van der Waals surface area contributed by atoms with Crippen LogP contribution in [0.2, 0.25) is 0 Å². The van der Waals surface area contributed by atoms with Crippen molar-refractivity contribution in [2.45, 2.75) is 6.92 Å². The minimum absolute atomic E-state index is 0.00399. The molecule has 2 amide bonds. The summed E-state index contributed by atoms with van der Waals surface area (Å²) in [6.45, 7) is 3.45. The number of amides is 2. The Kier molecular flexibility index (Phi) is 4.27. The van der Waals surface area contributed by atoms with Crippen LogP contribution in [0.4, 0.5) is 10.1 Å². The zero-order chi connectivity index (χ0) is 14.9. The number of nitrogens with two attached hydrogens (primary N) is 1. The summed E-state index contributed by atoms with van der Waals surface area (Å²) in [7, 11) is 0. The van der Waals surface area contributed by atoms with Gasteiger partial charge in [-0.25, -0.2) is 4.39 Å². The van der Waals surface area contributed by atoms with Gasteiger partial charge in [-0.3, -0.25) is 9.59 Å². The van der Waals surface area contributed by atoms with Gasteiger partial charge in [0.15, 0.2) is 0 Å². The van der Waals surface area contributed by atoms with E-state index in [4.69, 9.17) is 5.73 Å². The molecule has 0 bridgehead atoms. The summed E-state index contributed by atoms with van der Waals surface area (Å²) in [6.07, 6.45) is 0. The molecule has 0 aromatic heterocycles. The number of nitrogens with zero attached hydrogens (tertiary/aromatic N) is 2. The standard InChI is InChI=1S/C13H15BrFN3O2/c1-8(19)17-2-4-18(5-3-17)13(20)9-6-12(16)11(15)7-10(9)14/h6-7H,2-5,16H2,1H3. The van der Waals surface area contributed by atoms with E-state index in [1.165, 1.54) is 19.1 Å². The third-order valence-electron chi connectivity index (χ3n) is 3.33. The van der Waals surface area contributed by atoms with Crippen molar-refractivity contribution < 1.29 is 14.0 Å². The molecule has 2 rings (SSSR count). The smallest absolute Gasteiger partial charge is 0.255 e. The molecule has 20 heavy (non-hydrogen) atoms. The van der Waals surface area contributed by atoms with Gasteiger partial charge in [-0.2, -0.15) is 0 Å². The van der Waals surface area contributed by atoms with Crippen LogP contribution < -0.4 is 5.73 Å². The SMILES string of the molecule is CC(=O)N1CCN(C(=O)c2cc(N)c(F)cc2Br)CC1. The molecule has 1 aliphatic heterocycles. The maximum absolute atomic E-state index is 13.3. The number of benzene rings is 1. The van der Waals surface area contributed by atoms with Crippen LogP contribution in [0.5, 0.6) is 0 Å². The van der Waals surface area contributed by atoms with Crippen LogP contribution in [0.1, 0.15) is 17.3 Å². The summed E-state index contributed by atoms with van der Waals surface area (Å²) in [5.74, 6) is -0.772. The maximum atomic E-state index is 13.3. The summed E-state index contributed by atoms with van der Waals surface area (Å²) >= 11 is 3.18. The van der Waals surface area contributed by atoms with Gasteiger partial charge in [0.05, 0.1) is 11.3 Å². The summed E-state index contributed by atoms with van der Waals surface area (Å²) in [5.41, 5.74) is 5.78. The van der Waals surface area contributed by atoms with E-state index in [0.717, 1.165) is 0 Å². The molecule has 7 heteroatoms. The predicted octanol–water partition coefficient (Wildman–Crippen LogP) is 1.47. The summed E-state index contributed by atoms with van der Waals surface area (Å²) < 4.78 is 13.7. The normalized spacial score (nSPS) is 15.3. The molecule has 1 fully saturated rings. The number of nitrogen functional groups attached to an aromatic ring is 1. The number of carbonyl (C=O) groups excluding carboxylic acids is 2. The zero-order valence-electron chi connectivity index (χ0n) is 11.0. The number of halogens is 2. The van der Waals surface area contributed by atoms with Crippen molar-refractivity contribution in [2.24, 2.45) is 0 Å². The molecule has 5 nitrogen and oxygen atoms in total. The van der Waals surface area contributed by atoms with Crippen molar-refractivity contribution in [2.75, 3.05) is 31.9 Å². The average molecular weight is 344 g/mol. The molecule has 0 saturated carbocycles. The van der Waals surface area contributed by atoms with Gasteiger partial charge in [-0.1, -0.05) is 0 Å². The molecule has 1 saturated heterocycles. The van der Waals surface area contributed by atoms with Crippen LogP contribution in [0.3, 0.4) is 0 Å². The Bertz CT molecular complexity index is 557. The highest BCUT2D eigenvalue weighted by Gasteiger charge is 2.25. The van der Waals surface area contributed by atoms with E-state index in [1.54, 1.807) is 9.80 Å². The number of piperazine rings is 1. The number of anilines is 1. The van der Waals surface area contributed by atoms with Gasteiger partial charge in [0, 0.05) is 37.6 Å². The van der Waals surface area contributed by atoms with Gasteiger partial charge in [0.2, 0.25) is 5.91 Å². The Hall–Kier alpha value is -1.63. The molecule has 1 aliphatic rings. The lowest BCUT2D eigenvalue weighted by atomic mass is 10.1. The highest BCUT2D eigenvalue weighted by molar-refractivity contribution is 9.10. The van der Waals surface area contributed by atoms with Crippen molar-refractivity contribution in [1.29, 1.82) is 0 Å². The highest BCUT2D eigenvalue weighted by atomic mass is 79.9. The molecular weight excluding hydrogens is 329 g/mol. The molecule has 0 aliphatic carbocycles. The van der Waals surface area contributed by atoms with E-state index in [1.807, 2.05) is 0 Å². The Morgan fingerprint density at radius 1 is 1.20 bits per heavy atom. The molecule has 1 heterocycles. The average Bonchev–Trinajstić information content (AvgIpc) is 2.42. The molecule has 0 atom stereocenters. The van der Waals surface area contributed by atoms with Gasteiger partial charge in [0.1, 0.15) is 5.82 Å². The van der Waals surface area contributed by atoms with Crippen LogP contribution >= 0.6 is 15.9 Å². The lowest BCUT2D eigenvalue weighted by molar-refractivity contribution is -0.130. The molecule has 0 radical (unpaired) electrons. The van der Waals surface area contributed by atoms with E-state index in [-0.39, 0.29) is 17.5 Å². The van der Waals surface area contributed by atoms with Crippen LogP contribution in [-0.4, -0.2) is 47.8 Å². The first-order valence-corrected chi connectivity index (χ1v) is 6.98. The van der Waals surface area contributed by atoms with Gasteiger partial charge in [-0.15, -0.1) is 0 Å². The first-order chi connectivity index (χ1) is 9.40. The van der Waals surface area contributed by atoms with E-state index in [9.17, 15) is 14.0 Å². The number of hydrogen-bond acceptors (Lipinski definition) is 3. The predicted molar refractivity (Wildman–Crippen MR) is 76.7 cm³/mol. The van der Waals surface area contributed by atoms with Crippen molar-refractivity contribution in [3.63, 3.8) is 0 Å². The molecule has 1 aromatic carbocycles. The van der Waals surface area contributed by atoms with Crippen LogP contribution in [0, 0.1) is 5.82 Å². The minimum atomic E-state index is -0.560.